The van der Waals surface area contributed by atoms with Gasteiger partial charge in [0.15, 0.2) is 0 Å². The van der Waals surface area contributed by atoms with Crippen molar-refractivity contribution in [2.45, 2.75) is 51.8 Å². The van der Waals surface area contributed by atoms with Crippen LogP contribution in [0.1, 0.15) is 60.6 Å². The number of benzene rings is 2. The summed E-state index contributed by atoms with van der Waals surface area (Å²) in [7, 11) is 0. The standard InChI is InChI=1S/C22H26FNO2/c1-16(2)26-22(25)20-8-4-3-7-18(20)15-24-14-6-5-9-21(24)17-10-12-19(23)13-11-17/h3-4,7-8,10-13,16,21H,5-6,9,14-15H2,1-2H3. The highest BCUT2D eigenvalue weighted by Crippen LogP contribution is 2.32. The summed E-state index contributed by atoms with van der Waals surface area (Å²) in [5, 5.41) is 0. The lowest BCUT2D eigenvalue weighted by molar-refractivity contribution is 0.0374. The number of piperidine rings is 1. The molecule has 1 saturated heterocycles. The highest BCUT2D eigenvalue weighted by molar-refractivity contribution is 5.91. The predicted octanol–water partition coefficient (Wildman–Crippen LogP) is 5.12. The van der Waals surface area contributed by atoms with Gasteiger partial charge < -0.3 is 4.74 Å². The van der Waals surface area contributed by atoms with Gasteiger partial charge >= 0.3 is 5.97 Å². The maximum atomic E-state index is 13.3. The molecule has 2 aromatic carbocycles. The van der Waals surface area contributed by atoms with Crippen molar-refractivity contribution < 1.29 is 13.9 Å². The lowest BCUT2D eigenvalue weighted by Gasteiger charge is -2.36. The maximum absolute atomic E-state index is 13.3. The summed E-state index contributed by atoms with van der Waals surface area (Å²) in [6.07, 6.45) is 3.20. The molecule has 0 N–H and O–H groups in total. The van der Waals surface area contributed by atoms with Gasteiger partial charge in [-0.15, -0.1) is 0 Å². The van der Waals surface area contributed by atoms with E-state index < -0.39 is 0 Å². The minimum atomic E-state index is -0.272. The van der Waals surface area contributed by atoms with Gasteiger partial charge in [0.05, 0.1) is 11.7 Å². The van der Waals surface area contributed by atoms with Gasteiger partial charge in [-0.1, -0.05) is 36.8 Å². The van der Waals surface area contributed by atoms with E-state index in [2.05, 4.69) is 4.90 Å². The molecule has 0 bridgehead atoms. The molecule has 26 heavy (non-hydrogen) atoms. The molecular formula is C22H26FNO2. The number of esters is 1. The Morgan fingerprint density at radius 3 is 2.62 bits per heavy atom. The molecule has 1 fully saturated rings. The monoisotopic (exact) mass is 355 g/mol. The second-order valence-corrected chi connectivity index (χ2v) is 7.14. The van der Waals surface area contributed by atoms with E-state index in [4.69, 9.17) is 4.74 Å². The second-order valence-electron chi connectivity index (χ2n) is 7.14. The normalized spacial score (nSPS) is 18.1. The zero-order chi connectivity index (χ0) is 18.5. The van der Waals surface area contributed by atoms with E-state index in [1.807, 2.05) is 50.2 Å². The molecule has 0 amide bonds. The van der Waals surface area contributed by atoms with E-state index in [1.165, 1.54) is 12.1 Å². The first-order chi connectivity index (χ1) is 12.5. The van der Waals surface area contributed by atoms with E-state index >= 15 is 0 Å². The first kappa shape index (κ1) is 18.6. The summed E-state index contributed by atoms with van der Waals surface area (Å²) >= 11 is 0. The molecule has 0 spiro atoms. The number of hydrogen-bond acceptors (Lipinski definition) is 3. The van der Waals surface area contributed by atoms with Crippen LogP contribution in [0.4, 0.5) is 4.39 Å². The Bertz CT molecular complexity index is 742. The molecule has 1 aliphatic heterocycles. The minimum Gasteiger partial charge on any atom is -0.459 e. The first-order valence-electron chi connectivity index (χ1n) is 9.33. The number of rotatable bonds is 5. The third-order valence-electron chi connectivity index (χ3n) is 4.82. The third kappa shape index (κ3) is 4.50. The van der Waals surface area contributed by atoms with E-state index in [0.29, 0.717) is 12.1 Å². The van der Waals surface area contributed by atoms with Gasteiger partial charge in [0.2, 0.25) is 0 Å². The van der Waals surface area contributed by atoms with Crippen molar-refractivity contribution in [3.63, 3.8) is 0 Å². The minimum absolute atomic E-state index is 0.141. The van der Waals surface area contributed by atoms with Gasteiger partial charge in [0.1, 0.15) is 5.82 Å². The lowest BCUT2D eigenvalue weighted by atomic mass is 9.94. The fourth-order valence-corrected chi connectivity index (χ4v) is 3.60. The van der Waals surface area contributed by atoms with Crippen molar-refractivity contribution in [2.24, 2.45) is 0 Å². The van der Waals surface area contributed by atoms with Crippen LogP contribution in [-0.2, 0) is 11.3 Å². The molecule has 0 aromatic heterocycles. The maximum Gasteiger partial charge on any atom is 0.338 e. The first-order valence-corrected chi connectivity index (χ1v) is 9.33. The Morgan fingerprint density at radius 1 is 1.15 bits per heavy atom. The molecule has 0 aliphatic carbocycles. The number of ether oxygens (including phenoxy) is 1. The van der Waals surface area contributed by atoms with E-state index in [-0.39, 0.29) is 23.9 Å². The smallest absolute Gasteiger partial charge is 0.338 e. The average Bonchev–Trinajstić information content (AvgIpc) is 2.63. The molecule has 1 heterocycles. The molecule has 1 atom stereocenters. The van der Waals surface area contributed by atoms with E-state index in [1.54, 1.807) is 0 Å². The second kappa shape index (κ2) is 8.45. The Morgan fingerprint density at radius 2 is 1.88 bits per heavy atom. The number of likely N-dealkylation sites (tertiary alicyclic amines) is 1. The van der Waals surface area contributed by atoms with E-state index in [9.17, 15) is 9.18 Å². The lowest BCUT2D eigenvalue weighted by Crippen LogP contribution is -2.33. The van der Waals surface area contributed by atoms with Crippen LogP contribution in [0.5, 0.6) is 0 Å². The van der Waals surface area contributed by atoms with Crippen molar-refractivity contribution in [1.82, 2.24) is 4.90 Å². The average molecular weight is 355 g/mol. The Labute approximate surface area is 154 Å². The van der Waals surface area contributed by atoms with Gasteiger partial charge in [-0.25, -0.2) is 9.18 Å². The molecular weight excluding hydrogens is 329 g/mol. The third-order valence-corrected chi connectivity index (χ3v) is 4.82. The van der Waals surface area contributed by atoms with E-state index in [0.717, 1.165) is 36.9 Å². The summed E-state index contributed by atoms with van der Waals surface area (Å²) in [5.41, 5.74) is 2.74. The van der Waals surface area contributed by atoms with Crippen LogP contribution in [0.15, 0.2) is 48.5 Å². The molecule has 0 radical (unpaired) electrons. The fraction of sp³-hybridized carbons (Fsp3) is 0.409. The van der Waals surface area contributed by atoms with Crippen LogP contribution in [0.3, 0.4) is 0 Å². The molecule has 1 unspecified atom stereocenters. The highest BCUT2D eigenvalue weighted by atomic mass is 19.1. The zero-order valence-electron chi connectivity index (χ0n) is 15.5. The largest absolute Gasteiger partial charge is 0.459 e. The molecule has 138 valence electrons. The molecule has 4 heteroatoms. The van der Waals surface area contributed by atoms with Gasteiger partial charge in [0.25, 0.3) is 0 Å². The molecule has 2 aromatic rings. The quantitative estimate of drug-likeness (QED) is 0.697. The Hall–Kier alpha value is -2.20. The predicted molar refractivity (Wildman–Crippen MR) is 100 cm³/mol. The van der Waals surface area contributed by atoms with Crippen molar-refractivity contribution in [3.05, 3.63) is 71.0 Å². The van der Waals surface area contributed by atoms with Crippen LogP contribution < -0.4 is 0 Å². The Kier molecular flexibility index (Phi) is 6.04. The van der Waals surface area contributed by atoms with Gasteiger partial charge in [-0.3, -0.25) is 4.90 Å². The number of carbonyl (C=O) groups is 1. The molecule has 0 saturated carbocycles. The number of halogens is 1. The van der Waals surface area contributed by atoms with Crippen LogP contribution in [0.2, 0.25) is 0 Å². The summed E-state index contributed by atoms with van der Waals surface area (Å²) < 4.78 is 18.7. The van der Waals surface area contributed by atoms with Gasteiger partial charge in [-0.05, 0) is 62.6 Å². The fourth-order valence-electron chi connectivity index (χ4n) is 3.60. The van der Waals surface area contributed by atoms with Gasteiger partial charge in [0, 0.05) is 12.6 Å². The molecule has 1 aliphatic rings. The zero-order valence-corrected chi connectivity index (χ0v) is 15.5. The number of nitrogens with zero attached hydrogens (tertiary/aromatic N) is 1. The van der Waals surface area contributed by atoms with Crippen molar-refractivity contribution >= 4 is 5.97 Å². The topological polar surface area (TPSA) is 29.5 Å². The summed E-state index contributed by atoms with van der Waals surface area (Å²) in [5.74, 6) is -0.483. The summed E-state index contributed by atoms with van der Waals surface area (Å²) in [6, 6.07) is 14.7. The summed E-state index contributed by atoms with van der Waals surface area (Å²) in [6.45, 7) is 5.37. The van der Waals surface area contributed by atoms with Crippen molar-refractivity contribution in [3.8, 4) is 0 Å². The molecule has 3 rings (SSSR count). The highest BCUT2D eigenvalue weighted by Gasteiger charge is 2.25. The van der Waals surface area contributed by atoms with Crippen LogP contribution >= 0.6 is 0 Å². The molecule has 3 nitrogen and oxygen atoms in total. The van der Waals surface area contributed by atoms with Crippen LogP contribution in [-0.4, -0.2) is 23.5 Å². The summed E-state index contributed by atoms with van der Waals surface area (Å²) in [4.78, 5) is 14.8. The van der Waals surface area contributed by atoms with Crippen LogP contribution in [0.25, 0.3) is 0 Å². The number of carbonyl (C=O) groups excluding carboxylic acids is 1. The SMILES string of the molecule is CC(C)OC(=O)c1ccccc1CN1CCCCC1c1ccc(F)cc1. The Balaban J connectivity index is 1.82. The van der Waals surface area contributed by atoms with Crippen molar-refractivity contribution in [1.29, 1.82) is 0 Å². The number of hydrogen-bond donors (Lipinski definition) is 0. The van der Waals surface area contributed by atoms with Crippen molar-refractivity contribution in [2.75, 3.05) is 6.54 Å². The van der Waals surface area contributed by atoms with Crippen LogP contribution in [0, 0.1) is 5.82 Å². The van der Waals surface area contributed by atoms with Gasteiger partial charge in [-0.2, -0.15) is 0 Å².